The highest BCUT2D eigenvalue weighted by Gasteiger charge is 2.01. The van der Waals surface area contributed by atoms with Gasteiger partial charge in [0.1, 0.15) is 0 Å². The molecule has 0 aliphatic heterocycles. The van der Waals surface area contributed by atoms with E-state index in [9.17, 15) is 0 Å². The summed E-state index contributed by atoms with van der Waals surface area (Å²) in [6.45, 7) is 11.0. The highest BCUT2D eigenvalue weighted by atomic mass is 16.4. The van der Waals surface area contributed by atoms with Crippen molar-refractivity contribution < 1.29 is 19.8 Å². The largest absolute Gasteiger partial charge is 0.481 e. The number of carboxylic acids is 2. The minimum atomic E-state index is -0.833. The molecule has 0 saturated heterocycles. The minimum Gasteiger partial charge on any atom is -0.481 e. The lowest BCUT2D eigenvalue weighted by Crippen LogP contribution is -1.97. The lowest BCUT2D eigenvalue weighted by molar-refractivity contribution is -0.135. The van der Waals surface area contributed by atoms with Gasteiger partial charge in [-0.05, 0) is 11.8 Å². The van der Waals surface area contributed by atoms with E-state index in [0.717, 1.165) is 13.8 Å². The van der Waals surface area contributed by atoms with Gasteiger partial charge in [-0.25, -0.2) is 0 Å². The number of carboxylic acid groups (broad SMARTS) is 2. The molecule has 0 unspecified atom stereocenters. The van der Waals surface area contributed by atoms with Gasteiger partial charge in [-0.15, -0.1) is 0 Å². The first-order chi connectivity index (χ1) is 7.52. The Morgan fingerprint density at radius 2 is 1.35 bits per heavy atom. The van der Waals surface area contributed by atoms with Crippen LogP contribution < -0.4 is 0 Å². The van der Waals surface area contributed by atoms with Gasteiger partial charge in [0.05, 0.1) is 0 Å². The zero-order valence-electron chi connectivity index (χ0n) is 11.8. The molecule has 0 saturated carbocycles. The first kappa shape index (κ1) is 21.0. The van der Waals surface area contributed by atoms with E-state index in [4.69, 9.17) is 19.8 Å². The molecule has 0 heterocycles. The van der Waals surface area contributed by atoms with Gasteiger partial charge in [0.2, 0.25) is 0 Å². The van der Waals surface area contributed by atoms with Crippen molar-refractivity contribution in [3.63, 3.8) is 0 Å². The lowest BCUT2D eigenvalue weighted by atomic mass is 9.96. The van der Waals surface area contributed by atoms with Crippen LogP contribution in [0.1, 0.15) is 54.4 Å². The van der Waals surface area contributed by atoms with Crippen LogP contribution in [0.4, 0.5) is 0 Å². The summed E-state index contributed by atoms with van der Waals surface area (Å²) in [5, 5.41) is 14.8. The normalized spacial score (nSPS) is 9.76. The van der Waals surface area contributed by atoms with Crippen LogP contribution in [0, 0.1) is 5.41 Å². The van der Waals surface area contributed by atoms with Crippen LogP contribution in [0.15, 0.2) is 12.2 Å². The van der Waals surface area contributed by atoms with Gasteiger partial charge in [-0.3, -0.25) is 9.59 Å². The fourth-order valence-corrected chi connectivity index (χ4v) is 0.604. The molecular formula is C13H26O4. The van der Waals surface area contributed by atoms with Crippen molar-refractivity contribution in [1.82, 2.24) is 0 Å². The number of rotatable bonds is 2. The Morgan fingerprint density at radius 3 is 1.53 bits per heavy atom. The van der Waals surface area contributed by atoms with Crippen LogP contribution in [0.2, 0.25) is 0 Å². The molecule has 0 fully saturated rings. The Balaban J connectivity index is -0.000000205. The zero-order valence-corrected chi connectivity index (χ0v) is 11.8. The van der Waals surface area contributed by atoms with Gasteiger partial charge in [-0.1, -0.05) is 46.3 Å². The third-order valence-corrected chi connectivity index (χ3v) is 1.07. The molecule has 0 aromatic carbocycles. The summed E-state index contributed by atoms with van der Waals surface area (Å²) >= 11 is 0. The topological polar surface area (TPSA) is 74.6 Å². The maximum Gasteiger partial charge on any atom is 0.300 e. The number of unbranched alkanes of at least 4 members (excludes halogenated alkanes) is 1. The van der Waals surface area contributed by atoms with Gasteiger partial charge >= 0.3 is 0 Å². The van der Waals surface area contributed by atoms with Crippen LogP contribution >= 0.6 is 0 Å². The quantitative estimate of drug-likeness (QED) is 0.730. The number of hydrogen-bond donors (Lipinski definition) is 2. The summed E-state index contributed by atoms with van der Waals surface area (Å²) < 4.78 is 0. The van der Waals surface area contributed by atoms with Gasteiger partial charge in [0.25, 0.3) is 11.9 Å². The Bertz CT molecular complexity index is 204. The van der Waals surface area contributed by atoms with E-state index in [-0.39, 0.29) is 0 Å². The highest BCUT2D eigenvalue weighted by molar-refractivity contribution is 5.63. The molecule has 0 amide bonds. The molecule has 102 valence electrons. The summed E-state index contributed by atoms with van der Waals surface area (Å²) in [6.07, 6.45) is 7.01. The number of aliphatic carboxylic acids is 2. The summed E-state index contributed by atoms with van der Waals surface area (Å²) in [7, 11) is 0. The molecule has 0 aromatic heterocycles. The standard InChI is InChI=1S/C9H18.2C2H4O2/c1-5-6-7-8-9(2,3)4;2*1-2(3)4/h7-8H,5-6H2,1-4H3;2*1H3,(H,3,4). The highest BCUT2D eigenvalue weighted by Crippen LogP contribution is 2.14. The van der Waals surface area contributed by atoms with E-state index in [1.165, 1.54) is 12.8 Å². The average Bonchev–Trinajstić information content (AvgIpc) is 1.99. The average molecular weight is 246 g/mol. The molecule has 2 N–H and O–H groups in total. The maximum atomic E-state index is 9.00. The van der Waals surface area contributed by atoms with Crippen LogP contribution in [-0.2, 0) is 9.59 Å². The van der Waals surface area contributed by atoms with E-state index in [2.05, 4.69) is 39.8 Å². The third kappa shape index (κ3) is 108. The molecule has 4 nitrogen and oxygen atoms in total. The van der Waals surface area contributed by atoms with Crippen molar-refractivity contribution in [1.29, 1.82) is 0 Å². The first-order valence-electron chi connectivity index (χ1n) is 5.59. The van der Waals surface area contributed by atoms with Crippen LogP contribution in [0.3, 0.4) is 0 Å². The Morgan fingerprint density at radius 1 is 1.06 bits per heavy atom. The van der Waals surface area contributed by atoms with E-state index >= 15 is 0 Å². The fourth-order valence-electron chi connectivity index (χ4n) is 0.604. The van der Waals surface area contributed by atoms with E-state index in [1.807, 2.05) is 0 Å². The van der Waals surface area contributed by atoms with Crippen molar-refractivity contribution in [3.8, 4) is 0 Å². The Hall–Kier alpha value is -1.32. The first-order valence-corrected chi connectivity index (χ1v) is 5.59. The van der Waals surface area contributed by atoms with Gasteiger partial charge < -0.3 is 10.2 Å². The van der Waals surface area contributed by atoms with Crippen LogP contribution in [0.5, 0.6) is 0 Å². The second-order valence-corrected chi connectivity index (χ2v) is 4.60. The molecule has 0 aliphatic carbocycles. The van der Waals surface area contributed by atoms with Crippen molar-refractivity contribution >= 4 is 11.9 Å². The fraction of sp³-hybridized carbons (Fsp3) is 0.692. The number of allylic oxidation sites excluding steroid dienone is 2. The summed E-state index contributed by atoms with van der Waals surface area (Å²) in [4.78, 5) is 18.0. The van der Waals surface area contributed by atoms with Gasteiger partial charge in [0, 0.05) is 13.8 Å². The van der Waals surface area contributed by atoms with E-state index < -0.39 is 11.9 Å². The molecular weight excluding hydrogens is 220 g/mol. The van der Waals surface area contributed by atoms with Crippen molar-refractivity contribution in [2.45, 2.75) is 54.4 Å². The molecule has 17 heavy (non-hydrogen) atoms. The predicted molar refractivity (Wildman–Crippen MR) is 70.1 cm³/mol. The summed E-state index contributed by atoms with van der Waals surface area (Å²) in [5.41, 5.74) is 0.370. The lowest BCUT2D eigenvalue weighted by Gasteiger charge is -2.10. The summed E-state index contributed by atoms with van der Waals surface area (Å²) in [5.74, 6) is -1.67. The van der Waals surface area contributed by atoms with Gasteiger partial charge in [-0.2, -0.15) is 0 Å². The van der Waals surface area contributed by atoms with E-state index in [0.29, 0.717) is 5.41 Å². The minimum absolute atomic E-state index is 0.370. The molecule has 0 radical (unpaired) electrons. The maximum absolute atomic E-state index is 9.00. The Labute approximate surface area is 104 Å². The molecule has 4 heteroatoms. The van der Waals surface area contributed by atoms with Crippen LogP contribution in [0.25, 0.3) is 0 Å². The molecule has 0 spiro atoms. The Kier molecular flexibility index (Phi) is 15.8. The van der Waals surface area contributed by atoms with Crippen molar-refractivity contribution in [2.75, 3.05) is 0 Å². The monoisotopic (exact) mass is 246 g/mol. The van der Waals surface area contributed by atoms with E-state index in [1.54, 1.807) is 0 Å². The number of hydrogen-bond acceptors (Lipinski definition) is 2. The van der Waals surface area contributed by atoms with Crippen molar-refractivity contribution in [2.24, 2.45) is 5.41 Å². The molecule has 0 bridgehead atoms. The second-order valence-electron chi connectivity index (χ2n) is 4.60. The third-order valence-electron chi connectivity index (χ3n) is 1.07. The smallest absolute Gasteiger partial charge is 0.300 e. The molecule has 0 rings (SSSR count). The molecule has 0 atom stereocenters. The van der Waals surface area contributed by atoms with Crippen LogP contribution in [-0.4, -0.2) is 22.2 Å². The number of carbonyl (C=O) groups is 2. The van der Waals surface area contributed by atoms with Crippen molar-refractivity contribution in [3.05, 3.63) is 12.2 Å². The molecule has 0 aromatic rings. The molecule has 0 aliphatic rings. The second kappa shape index (κ2) is 12.7. The summed E-state index contributed by atoms with van der Waals surface area (Å²) in [6, 6.07) is 0. The van der Waals surface area contributed by atoms with Gasteiger partial charge in [0.15, 0.2) is 0 Å². The SMILES string of the molecule is CC(=O)O.CC(=O)O.CCCC=CC(C)(C)C. The zero-order chi connectivity index (χ0) is 14.5. The predicted octanol–water partition coefficient (Wildman–Crippen LogP) is 3.57.